The average molecular weight is 514 g/mol. The number of hydrogen-bond acceptors (Lipinski definition) is 5. The molecule has 1 amide bonds. The molecule has 0 saturated carbocycles. The molecule has 0 aromatic heterocycles. The molecule has 3 aromatic carbocycles. The van der Waals surface area contributed by atoms with Crippen molar-refractivity contribution in [3.63, 3.8) is 0 Å². The van der Waals surface area contributed by atoms with E-state index in [2.05, 4.69) is 45.5 Å². The first kappa shape index (κ1) is 27.9. The molecule has 4 rings (SSSR count). The van der Waals surface area contributed by atoms with E-state index in [1.54, 1.807) is 11.8 Å². The molecule has 9 heteroatoms. The van der Waals surface area contributed by atoms with Crippen LogP contribution in [0.3, 0.4) is 0 Å². The van der Waals surface area contributed by atoms with Crippen molar-refractivity contribution in [2.24, 2.45) is 0 Å². The Balaban J connectivity index is 0.00000171. The summed E-state index contributed by atoms with van der Waals surface area (Å²) in [6.45, 7) is 2.01. The lowest BCUT2D eigenvalue weighted by atomic mass is 10.1. The zero-order chi connectivity index (χ0) is 20.1. The third-order valence-electron chi connectivity index (χ3n) is 4.72. The van der Waals surface area contributed by atoms with E-state index in [-0.39, 0.29) is 43.1 Å². The fraction of sp³-hybridized carbons (Fsp3) is 0.174. The van der Waals surface area contributed by atoms with Crippen LogP contribution in [0.5, 0.6) is 0 Å². The van der Waals surface area contributed by atoms with Crippen LogP contribution in [0, 0.1) is 0 Å². The van der Waals surface area contributed by atoms with Crippen LogP contribution in [0.2, 0.25) is 0 Å². The van der Waals surface area contributed by atoms with E-state index in [4.69, 9.17) is 0 Å². The first-order chi connectivity index (χ1) is 14.2. The number of carbonyl (C=O) groups excluding carboxylic acids is 1. The molecule has 5 nitrogen and oxygen atoms in total. The third kappa shape index (κ3) is 6.70. The summed E-state index contributed by atoms with van der Waals surface area (Å²) in [4.78, 5) is 14.9. The Morgan fingerprint density at radius 2 is 1.62 bits per heavy atom. The number of carbonyl (C=O) groups is 1. The first-order valence-electron chi connectivity index (χ1n) is 9.67. The minimum Gasteiger partial charge on any atom is -0.379 e. The Morgan fingerprint density at radius 3 is 2.38 bits per heavy atom. The summed E-state index contributed by atoms with van der Waals surface area (Å²) in [5.74, 6) is -0.0646. The molecule has 4 N–H and O–H groups in total. The van der Waals surface area contributed by atoms with Gasteiger partial charge in [-0.15, -0.1) is 37.2 Å². The van der Waals surface area contributed by atoms with Crippen LogP contribution in [0.15, 0.2) is 76.5 Å². The molecule has 0 atom stereocenters. The summed E-state index contributed by atoms with van der Waals surface area (Å²) in [7, 11) is 1.87. The average Bonchev–Trinajstić information content (AvgIpc) is 2.76. The summed E-state index contributed by atoms with van der Waals surface area (Å²) >= 11 is 1.68. The molecule has 1 heterocycles. The highest BCUT2D eigenvalue weighted by Gasteiger charge is 2.21. The zero-order valence-electron chi connectivity index (χ0n) is 17.5. The number of fused-ring (bicyclic) bond motifs is 2. The van der Waals surface area contributed by atoms with E-state index >= 15 is 0 Å². The number of likely N-dealkylation sites (N-methyl/N-ethyl adjacent to an activating group) is 1. The van der Waals surface area contributed by atoms with Crippen LogP contribution < -0.4 is 21.3 Å². The van der Waals surface area contributed by atoms with Crippen molar-refractivity contribution in [2.45, 2.75) is 16.3 Å². The van der Waals surface area contributed by atoms with Gasteiger partial charge in [0.25, 0.3) is 5.91 Å². The van der Waals surface area contributed by atoms with Crippen molar-refractivity contribution in [2.75, 3.05) is 30.8 Å². The van der Waals surface area contributed by atoms with Crippen LogP contribution in [-0.4, -0.2) is 26.0 Å². The Kier molecular flexibility index (Phi) is 11.8. The second kappa shape index (κ2) is 13.5. The largest absolute Gasteiger partial charge is 0.379 e. The van der Waals surface area contributed by atoms with Gasteiger partial charge in [-0.25, -0.2) is 0 Å². The van der Waals surface area contributed by atoms with Crippen LogP contribution in [-0.2, 0) is 6.54 Å². The maximum absolute atomic E-state index is 12.7. The minimum absolute atomic E-state index is 0. The topological polar surface area (TPSA) is 65.2 Å². The van der Waals surface area contributed by atoms with Crippen LogP contribution in [0.4, 0.5) is 17.1 Å². The van der Waals surface area contributed by atoms with Crippen LogP contribution in [0.1, 0.15) is 15.9 Å². The molecule has 0 fully saturated rings. The van der Waals surface area contributed by atoms with Crippen molar-refractivity contribution in [3.8, 4) is 0 Å². The normalized spacial score (nSPS) is 10.7. The standard InChI is InChI=1S/C23H24N4OS.3ClH/c1-24-11-12-25-23(28)17-13-19(26-15-16-7-3-2-4-8-16)22-21(14-17)29-20-10-6-5-9-18(20)27-22;;;/h2-10,13-14,24,26-27H,11-12,15H2,1H3,(H,25,28);3*1H. The van der Waals surface area contributed by atoms with E-state index in [1.807, 2.05) is 49.5 Å². The summed E-state index contributed by atoms with van der Waals surface area (Å²) in [5.41, 5.74) is 4.86. The Bertz CT molecular complexity index is 1020. The maximum Gasteiger partial charge on any atom is 0.251 e. The molecule has 3 aromatic rings. The van der Waals surface area contributed by atoms with Crippen molar-refractivity contribution in [1.82, 2.24) is 10.6 Å². The Hall–Kier alpha value is -2.09. The minimum atomic E-state index is -0.0646. The SMILES string of the molecule is CNCCNC(=O)c1cc(NCc2ccccc2)c2c(c1)Sc1ccccc1N2.Cl.Cl.Cl. The smallest absolute Gasteiger partial charge is 0.251 e. The second-order valence-electron chi connectivity index (χ2n) is 6.82. The number of nitrogens with one attached hydrogen (secondary N) is 4. The van der Waals surface area contributed by atoms with Crippen molar-refractivity contribution in [3.05, 3.63) is 77.9 Å². The molecule has 0 saturated heterocycles. The van der Waals surface area contributed by atoms with E-state index < -0.39 is 0 Å². The molecule has 32 heavy (non-hydrogen) atoms. The number of rotatable bonds is 7. The third-order valence-corrected chi connectivity index (χ3v) is 5.84. The molecule has 0 bridgehead atoms. The maximum atomic E-state index is 12.7. The van der Waals surface area contributed by atoms with Crippen LogP contribution in [0.25, 0.3) is 0 Å². The Morgan fingerprint density at radius 1 is 0.906 bits per heavy atom. The van der Waals surface area contributed by atoms with Gasteiger partial charge in [0.15, 0.2) is 0 Å². The van der Waals surface area contributed by atoms with Gasteiger partial charge in [-0.2, -0.15) is 0 Å². The number of hydrogen-bond donors (Lipinski definition) is 4. The molecule has 0 aliphatic carbocycles. The van der Waals surface area contributed by atoms with Gasteiger partial charge in [0, 0.05) is 35.0 Å². The summed E-state index contributed by atoms with van der Waals surface area (Å²) in [6.07, 6.45) is 0. The number of halogens is 3. The van der Waals surface area contributed by atoms with Crippen molar-refractivity contribution < 1.29 is 4.79 Å². The number of para-hydroxylation sites is 1. The fourth-order valence-electron chi connectivity index (χ4n) is 3.20. The quantitative estimate of drug-likeness (QED) is 0.238. The lowest BCUT2D eigenvalue weighted by Crippen LogP contribution is -2.30. The second-order valence-corrected chi connectivity index (χ2v) is 7.90. The zero-order valence-corrected chi connectivity index (χ0v) is 20.8. The van der Waals surface area contributed by atoms with E-state index in [1.165, 1.54) is 5.56 Å². The molecular weight excluding hydrogens is 487 g/mol. The fourth-order valence-corrected chi connectivity index (χ4v) is 4.27. The van der Waals surface area contributed by atoms with Gasteiger partial charge in [-0.05, 0) is 36.9 Å². The molecule has 0 unspecified atom stereocenters. The molecule has 1 aliphatic heterocycles. The van der Waals surface area contributed by atoms with Crippen LogP contribution >= 0.6 is 49.0 Å². The molecule has 0 spiro atoms. The van der Waals surface area contributed by atoms with E-state index in [0.29, 0.717) is 18.7 Å². The summed E-state index contributed by atoms with van der Waals surface area (Å²) < 4.78 is 0. The molecule has 172 valence electrons. The van der Waals surface area contributed by atoms with Gasteiger partial charge in [0.05, 0.1) is 17.1 Å². The molecule has 1 aliphatic rings. The van der Waals surface area contributed by atoms with E-state index in [0.717, 1.165) is 33.4 Å². The summed E-state index contributed by atoms with van der Waals surface area (Å²) in [5, 5.41) is 13.1. The lowest BCUT2D eigenvalue weighted by Gasteiger charge is -2.25. The first-order valence-corrected chi connectivity index (χ1v) is 10.5. The monoisotopic (exact) mass is 512 g/mol. The van der Waals surface area contributed by atoms with Gasteiger partial charge in [0.1, 0.15) is 0 Å². The van der Waals surface area contributed by atoms with Gasteiger partial charge in [0.2, 0.25) is 0 Å². The predicted molar refractivity (Wildman–Crippen MR) is 142 cm³/mol. The van der Waals surface area contributed by atoms with Crippen molar-refractivity contribution >= 4 is 72.0 Å². The number of anilines is 3. The van der Waals surface area contributed by atoms with Gasteiger partial charge >= 0.3 is 0 Å². The highest BCUT2D eigenvalue weighted by atomic mass is 35.5. The number of benzene rings is 3. The Labute approximate surface area is 211 Å². The lowest BCUT2D eigenvalue weighted by molar-refractivity contribution is 0.0954. The number of amides is 1. The summed E-state index contributed by atoms with van der Waals surface area (Å²) in [6, 6.07) is 22.4. The molecular formula is C23H27Cl3N4OS. The van der Waals surface area contributed by atoms with Crippen molar-refractivity contribution in [1.29, 1.82) is 0 Å². The van der Waals surface area contributed by atoms with Gasteiger partial charge in [-0.3, -0.25) is 4.79 Å². The van der Waals surface area contributed by atoms with E-state index in [9.17, 15) is 4.79 Å². The highest BCUT2D eigenvalue weighted by molar-refractivity contribution is 7.99. The highest BCUT2D eigenvalue weighted by Crippen LogP contribution is 2.47. The van der Waals surface area contributed by atoms with Gasteiger partial charge < -0.3 is 21.3 Å². The molecule has 0 radical (unpaired) electrons. The van der Waals surface area contributed by atoms with Gasteiger partial charge in [-0.1, -0.05) is 54.2 Å². The predicted octanol–water partition coefficient (Wildman–Crippen LogP) is 5.72.